The van der Waals surface area contributed by atoms with Crippen molar-refractivity contribution in [3.63, 3.8) is 0 Å². The second-order valence-corrected chi connectivity index (χ2v) is 9.55. The zero-order valence-corrected chi connectivity index (χ0v) is 18.9. The van der Waals surface area contributed by atoms with Crippen LogP contribution in [0.1, 0.15) is 56.9 Å². The predicted octanol–water partition coefficient (Wildman–Crippen LogP) is 5.67. The molecular weight excluding hydrogens is 389 g/mol. The summed E-state index contributed by atoms with van der Waals surface area (Å²) in [5.41, 5.74) is 1.17. The molecule has 3 rings (SSSR count). The van der Waals surface area contributed by atoms with Crippen molar-refractivity contribution in [2.75, 3.05) is 0 Å². The standard InChI is InChI=1S/C26H28FN3O/c1-17-11-19(25(5,6)15-28)8-9-21(17)18-7-10-22(23(27)12-18)26(31,24(2,3)4)20-13-29-16-30-14-20/h7-14,16,31H,1-6H3. The summed E-state index contributed by atoms with van der Waals surface area (Å²) in [5.74, 6) is -0.500. The average molecular weight is 418 g/mol. The number of nitriles is 1. The number of aliphatic hydroxyl groups is 1. The molecule has 0 spiro atoms. The summed E-state index contributed by atoms with van der Waals surface area (Å²) in [4.78, 5) is 8.03. The van der Waals surface area contributed by atoms with Crippen molar-refractivity contribution < 1.29 is 9.50 Å². The maximum atomic E-state index is 15.5. The summed E-state index contributed by atoms with van der Waals surface area (Å²) >= 11 is 0. The van der Waals surface area contributed by atoms with Gasteiger partial charge in [0.05, 0.1) is 11.5 Å². The van der Waals surface area contributed by atoms with Gasteiger partial charge in [-0.1, -0.05) is 51.1 Å². The maximum absolute atomic E-state index is 15.5. The first-order valence-corrected chi connectivity index (χ1v) is 10.2. The van der Waals surface area contributed by atoms with Gasteiger partial charge in [0.15, 0.2) is 0 Å². The Hall–Kier alpha value is -3.10. The first kappa shape index (κ1) is 22.6. The molecule has 0 amide bonds. The second kappa shape index (κ2) is 7.86. The molecule has 2 aromatic carbocycles. The molecular formula is C26H28FN3O. The van der Waals surface area contributed by atoms with E-state index in [1.807, 2.05) is 65.8 Å². The van der Waals surface area contributed by atoms with Gasteiger partial charge in [-0.05, 0) is 54.5 Å². The zero-order valence-electron chi connectivity index (χ0n) is 18.9. The van der Waals surface area contributed by atoms with Gasteiger partial charge in [0.25, 0.3) is 0 Å². The fourth-order valence-electron chi connectivity index (χ4n) is 3.90. The van der Waals surface area contributed by atoms with E-state index in [0.29, 0.717) is 11.1 Å². The van der Waals surface area contributed by atoms with Crippen molar-refractivity contribution in [2.45, 2.75) is 52.6 Å². The van der Waals surface area contributed by atoms with E-state index in [4.69, 9.17) is 0 Å². The van der Waals surface area contributed by atoms with E-state index in [0.717, 1.165) is 16.7 Å². The normalized spacial score (nSPS) is 14.0. The number of aryl methyl sites for hydroxylation is 1. The largest absolute Gasteiger partial charge is 0.380 e. The Balaban J connectivity index is 2.11. The van der Waals surface area contributed by atoms with Crippen LogP contribution in [0.15, 0.2) is 55.1 Å². The fourth-order valence-corrected chi connectivity index (χ4v) is 3.90. The van der Waals surface area contributed by atoms with Crippen LogP contribution in [0.3, 0.4) is 0 Å². The Labute approximate surface area is 183 Å². The molecule has 0 aliphatic rings. The van der Waals surface area contributed by atoms with Crippen molar-refractivity contribution in [3.8, 4) is 17.2 Å². The van der Waals surface area contributed by atoms with Gasteiger partial charge in [-0.2, -0.15) is 5.26 Å². The second-order valence-electron chi connectivity index (χ2n) is 9.55. The topological polar surface area (TPSA) is 69.8 Å². The van der Waals surface area contributed by atoms with E-state index >= 15 is 4.39 Å². The number of aromatic nitrogens is 2. The van der Waals surface area contributed by atoms with Crippen LogP contribution in [0.2, 0.25) is 0 Å². The molecule has 4 nitrogen and oxygen atoms in total. The highest BCUT2D eigenvalue weighted by Gasteiger charge is 2.45. The quantitative estimate of drug-likeness (QED) is 0.593. The number of nitrogens with zero attached hydrogens (tertiary/aromatic N) is 3. The Morgan fingerprint density at radius 3 is 2.10 bits per heavy atom. The number of hydrogen-bond donors (Lipinski definition) is 1. The van der Waals surface area contributed by atoms with Gasteiger partial charge in [-0.25, -0.2) is 14.4 Å². The van der Waals surface area contributed by atoms with Crippen LogP contribution in [-0.4, -0.2) is 15.1 Å². The van der Waals surface area contributed by atoms with E-state index < -0.39 is 22.2 Å². The van der Waals surface area contributed by atoms with Crippen LogP contribution in [0.25, 0.3) is 11.1 Å². The third-order valence-corrected chi connectivity index (χ3v) is 5.96. The molecule has 1 atom stereocenters. The molecule has 0 saturated carbocycles. The van der Waals surface area contributed by atoms with E-state index in [1.54, 1.807) is 6.07 Å². The van der Waals surface area contributed by atoms with Crippen LogP contribution in [0.5, 0.6) is 0 Å². The lowest BCUT2D eigenvalue weighted by molar-refractivity contribution is -0.0292. The molecule has 0 aliphatic carbocycles. The third kappa shape index (κ3) is 3.96. The highest BCUT2D eigenvalue weighted by molar-refractivity contribution is 5.69. The van der Waals surface area contributed by atoms with Crippen LogP contribution in [0.4, 0.5) is 4.39 Å². The van der Waals surface area contributed by atoms with Crippen molar-refractivity contribution in [1.29, 1.82) is 5.26 Å². The summed E-state index contributed by atoms with van der Waals surface area (Å²) in [6.45, 7) is 11.3. The number of benzene rings is 2. The third-order valence-electron chi connectivity index (χ3n) is 5.96. The summed E-state index contributed by atoms with van der Waals surface area (Å²) < 4.78 is 15.5. The SMILES string of the molecule is Cc1cc(C(C)(C)C#N)ccc1-c1ccc(C(O)(c2cncnc2)C(C)(C)C)c(F)c1. The van der Waals surface area contributed by atoms with Crippen LogP contribution < -0.4 is 0 Å². The molecule has 1 heterocycles. The Kier molecular flexibility index (Phi) is 5.73. The number of rotatable bonds is 4. The van der Waals surface area contributed by atoms with Crippen molar-refractivity contribution in [3.05, 3.63) is 83.2 Å². The molecule has 0 saturated heterocycles. The lowest BCUT2D eigenvalue weighted by Crippen LogP contribution is -2.42. The molecule has 1 N–H and O–H groups in total. The maximum Gasteiger partial charge on any atom is 0.130 e. The molecule has 0 aliphatic heterocycles. The van der Waals surface area contributed by atoms with E-state index in [1.165, 1.54) is 24.8 Å². The summed E-state index contributed by atoms with van der Waals surface area (Å²) in [7, 11) is 0. The van der Waals surface area contributed by atoms with Gasteiger partial charge >= 0.3 is 0 Å². The molecule has 0 bridgehead atoms. The van der Waals surface area contributed by atoms with Gasteiger partial charge in [-0.3, -0.25) is 0 Å². The van der Waals surface area contributed by atoms with Crippen molar-refractivity contribution >= 4 is 0 Å². The molecule has 0 radical (unpaired) electrons. The van der Waals surface area contributed by atoms with Crippen molar-refractivity contribution in [2.24, 2.45) is 5.41 Å². The Bertz CT molecular complexity index is 1140. The number of halogens is 1. The van der Waals surface area contributed by atoms with Crippen LogP contribution >= 0.6 is 0 Å². The smallest absolute Gasteiger partial charge is 0.130 e. The molecule has 0 fully saturated rings. The van der Waals surface area contributed by atoms with Gasteiger partial charge < -0.3 is 5.11 Å². The van der Waals surface area contributed by atoms with Gasteiger partial charge in [0, 0.05) is 23.5 Å². The molecule has 1 unspecified atom stereocenters. The van der Waals surface area contributed by atoms with Gasteiger partial charge in [0.1, 0.15) is 17.7 Å². The van der Waals surface area contributed by atoms with Crippen LogP contribution in [0, 0.1) is 29.5 Å². The summed E-state index contributed by atoms with van der Waals surface area (Å²) in [6.07, 6.45) is 4.42. The van der Waals surface area contributed by atoms with Crippen LogP contribution in [-0.2, 0) is 11.0 Å². The monoisotopic (exact) mass is 417 g/mol. The van der Waals surface area contributed by atoms with E-state index in [9.17, 15) is 10.4 Å². The molecule has 1 aromatic heterocycles. The minimum absolute atomic E-state index is 0.179. The lowest BCUT2D eigenvalue weighted by Gasteiger charge is -2.41. The molecule has 31 heavy (non-hydrogen) atoms. The molecule has 3 aromatic rings. The first-order chi connectivity index (χ1) is 14.4. The average Bonchev–Trinajstić information content (AvgIpc) is 2.72. The van der Waals surface area contributed by atoms with E-state index in [-0.39, 0.29) is 5.56 Å². The fraction of sp³-hybridized carbons (Fsp3) is 0.346. The van der Waals surface area contributed by atoms with E-state index in [2.05, 4.69) is 16.0 Å². The first-order valence-electron chi connectivity index (χ1n) is 10.2. The molecule has 5 heteroatoms. The Morgan fingerprint density at radius 2 is 1.58 bits per heavy atom. The minimum atomic E-state index is -1.60. The predicted molar refractivity (Wildman–Crippen MR) is 120 cm³/mol. The highest BCUT2D eigenvalue weighted by Crippen LogP contribution is 2.45. The van der Waals surface area contributed by atoms with Gasteiger partial charge in [0.2, 0.25) is 0 Å². The minimum Gasteiger partial charge on any atom is -0.380 e. The van der Waals surface area contributed by atoms with Gasteiger partial charge in [-0.15, -0.1) is 0 Å². The summed E-state index contributed by atoms with van der Waals surface area (Å²) in [5, 5.41) is 21.1. The zero-order chi connectivity index (χ0) is 23.0. The lowest BCUT2D eigenvalue weighted by atomic mass is 9.68. The number of hydrogen-bond acceptors (Lipinski definition) is 4. The summed E-state index contributed by atoms with van der Waals surface area (Å²) in [6, 6.07) is 13.0. The Morgan fingerprint density at radius 1 is 0.935 bits per heavy atom. The molecule has 160 valence electrons. The van der Waals surface area contributed by atoms with Crippen molar-refractivity contribution in [1.82, 2.24) is 9.97 Å². The highest BCUT2D eigenvalue weighted by atomic mass is 19.1.